The first kappa shape index (κ1) is 12.1. The number of aromatic nitrogens is 2. The van der Waals surface area contributed by atoms with Gasteiger partial charge in [0, 0.05) is 11.9 Å². The Morgan fingerprint density at radius 1 is 1.29 bits per heavy atom. The van der Waals surface area contributed by atoms with Crippen molar-refractivity contribution < 1.29 is 5.11 Å². The number of aryl methyl sites for hydroxylation is 2. The Morgan fingerprint density at radius 3 is 2.59 bits per heavy atom. The minimum absolute atomic E-state index is 0.0910. The molecular formula is C14H20N2O. The average molecular weight is 232 g/mol. The summed E-state index contributed by atoms with van der Waals surface area (Å²) in [6.45, 7) is 9.49. The van der Waals surface area contributed by atoms with Gasteiger partial charge in [-0.2, -0.15) is 5.10 Å². The Labute approximate surface area is 102 Å². The van der Waals surface area contributed by atoms with Gasteiger partial charge in [0.15, 0.2) is 0 Å². The highest BCUT2D eigenvalue weighted by atomic mass is 16.3. The number of hydrogen-bond acceptors (Lipinski definition) is 2. The minimum Gasteiger partial charge on any atom is -0.392 e. The number of aliphatic hydroxyl groups is 1. The smallest absolute Gasteiger partial charge is 0.0718 e. The Morgan fingerprint density at radius 2 is 2.00 bits per heavy atom. The maximum absolute atomic E-state index is 9.33. The second kappa shape index (κ2) is 4.49. The van der Waals surface area contributed by atoms with Crippen LogP contribution in [0.1, 0.15) is 30.7 Å². The van der Waals surface area contributed by atoms with Crippen molar-refractivity contribution in [3.63, 3.8) is 0 Å². The van der Waals surface area contributed by atoms with E-state index in [1.54, 1.807) is 0 Å². The van der Waals surface area contributed by atoms with Crippen LogP contribution in [-0.2, 0) is 13.2 Å². The molecule has 3 nitrogen and oxygen atoms in total. The van der Waals surface area contributed by atoms with E-state index in [0.717, 1.165) is 23.4 Å². The van der Waals surface area contributed by atoms with Gasteiger partial charge >= 0.3 is 0 Å². The van der Waals surface area contributed by atoms with Crippen LogP contribution < -0.4 is 0 Å². The number of nitrogens with zero attached hydrogens (tertiary/aromatic N) is 2. The topological polar surface area (TPSA) is 38.0 Å². The summed E-state index contributed by atoms with van der Waals surface area (Å²) < 4.78 is 2.07. The standard InChI is InChI=1S/C14H20N2O/c1-9(2)7-16-14-10(3)12(8-17)5-6-13(14)11(4)15-16/h5-6,9,17H,7-8H2,1-4H3. The van der Waals surface area contributed by atoms with Crippen molar-refractivity contribution in [3.8, 4) is 0 Å². The highest BCUT2D eigenvalue weighted by Gasteiger charge is 2.12. The molecule has 0 radical (unpaired) electrons. The van der Waals surface area contributed by atoms with Crippen molar-refractivity contribution in [2.45, 2.75) is 40.8 Å². The third-order valence-electron chi connectivity index (χ3n) is 3.17. The lowest BCUT2D eigenvalue weighted by atomic mass is 10.0. The molecule has 17 heavy (non-hydrogen) atoms. The predicted molar refractivity (Wildman–Crippen MR) is 70.0 cm³/mol. The molecule has 1 aromatic carbocycles. The van der Waals surface area contributed by atoms with Gasteiger partial charge in [0.1, 0.15) is 0 Å². The summed E-state index contributed by atoms with van der Waals surface area (Å²) in [5.41, 5.74) is 4.37. The van der Waals surface area contributed by atoms with Gasteiger partial charge in [0.2, 0.25) is 0 Å². The highest BCUT2D eigenvalue weighted by molar-refractivity contribution is 5.85. The SMILES string of the molecule is Cc1nn(CC(C)C)c2c(C)c(CO)ccc12. The van der Waals surface area contributed by atoms with E-state index in [2.05, 4.69) is 36.6 Å². The summed E-state index contributed by atoms with van der Waals surface area (Å²) >= 11 is 0. The van der Waals surface area contributed by atoms with Crippen LogP contribution in [0.4, 0.5) is 0 Å². The van der Waals surface area contributed by atoms with E-state index in [4.69, 9.17) is 0 Å². The lowest BCUT2D eigenvalue weighted by Gasteiger charge is -2.10. The lowest BCUT2D eigenvalue weighted by molar-refractivity contribution is 0.281. The highest BCUT2D eigenvalue weighted by Crippen LogP contribution is 2.25. The maximum Gasteiger partial charge on any atom is 0.0718 e. The van der Waals surface area contributed by atoms with E-state index in [1.807, 2.05) is 13.0 Å². The van der Waals surface area contributed by atoms with Crippen molar-refractivity contribution in [2.75, 3.05) is 0 Å². The van der Waals surface area contributed by atoms with Crippen LogP contribution in [0.5, 0.6) is 0 Å². The molecule has 3 heteroatoms. The van der Waals surface area contributed by atoms with Crippen LogP contribution in [0.25, 0.3) is 10.9 Å². The fraction of sp³-hybridized carbons (Fsp3) is 0.500. The fourth-order valence-electron chi connectivity index (χ4n) is 2.30. The van der Waals surface area contributed by atoms with Crippen molar-refractivity contribution in [3.05, 3.63) is 29.0 Å². The molecule has 1 aromatic heterocycles. The van der Waals surface area contributed by atoms with Crippen molar-refractivity contribution in [1.29, 1.82) is 0 Å². The molecule has 0 bridgehead atoms. The van der Waals surface area contributed by atoms with E-state index in [-0.39, 0.29) is 6.61 Å². The molecule has 0 saturated carbocycles. The van der Waals surface area contributed by atoms with Gasteiger partial charge in [0.25, 0.3) is 0 Å². The Kier molecular flexibility index (Phi) is 3.20. The maximum atomic E-state index is 9.33. The number of aliphatic hydroxyl groups excluding tert-OH is 1. The quantitative estimate of drug-likeness (QED) is 0.883. The molecular weight excluding hydrogens is 212 g/mol. The molecule has 0 amide bonds. The van der Waals surface area contributed by atoms with Crippen molar-refractivity contribution in [1.82, 2.24) is 9.78 Å². The zero-order valence-electron chi connectivity index (χ0n) is 11.0. The molecule has 0 aliphatic rings. The van der Waals surface area contributed by atoms with Gasteiger partial charge in [-0.1, -0.05) is 26.0 Å². The van der Waals surface area contributed by atoms with Crippen molar-refractivity contribution in [2.24, 2.45) is 5.92 Å². The summed E-state index contributed by atoms with van der Waals surface area (Å²) in [6.07, 6.45) is 0. The van der Waals surface area contributed by atoms with E-state index in [0.29, 0.717) is 5.92 Å². The summed E-state index contributed by atoms with van der Waals surface area (Å²) in [6, 6.07) is 4.05. The van der Waals surface area contributed by atoms with Gasteiger partial charge in [-0.05, 0) is 30.9 Å². The summed E-state index contributed by atoms with van der Waals surface area (Å²) in [5, 5.41) is 15.1. The van der Waals surface area contributed by atoms with Gasteiger partial charge in [-0.15, -0.1) is 0 Å². The third kappa shape index (κ3) is 2.07. The zero-order valence-corrected chi connectivity index (χ0v) is 11.0. The second-order valence-electron chi connectivity index (χ2n) is 5.07. The summed E-state index contributed by atoms with van der Waals surface area (Å²) in [4.78, 5) is 0. The first-order valence-electron chi connectivity index (χ1n) is 6.11. The predicted octanol–water partition coefficient (Wildman–Crippen LogP) is 2.80. The molecule has 0 aliphatic heterocycles. The molecule has 2 rings (SSSR count). The monoisotopic (exact) mass is 232 g/mol. The Balaban J connectivity index is 2.68. The molecule has 1 heterocycles. The van der Waals surface area contributed by atoms with Gasteiger partial charge < -0.3 is 5.11 Å². The number of benzene rings is 1. The Hall–Kier alpha value is -1.35. The first-order valence-corrected chi connectivity index (χ1v) is 6.11. The van der Waals surface area contributed by atoms with Crippen LogP contribution in [0.3, 0.4) is 0 Å². The number of hydrogen-bond donors (Lipinski definition) is 1. The van der Waals surface area contributed by atoms with Gasteiger partial charge in [-0.25, -0.2) is 0 Å². The largest absolute Gasteiger partial charge is 0.392 e. The molecule has 0 spiro atoms. The van der Waals surface area contributed by atoms with Crippen LogP contribution in [0.15, 0.2) is 12.1 Å². The van der Waals surface area contributed by atoms with E-state index in [9.17, 15) is 5.11 Å². The molecule has 0 fully saturated rings. The number of fused-ring (bicyclic) bond motifs is 1. The van der Waals surface area contributed by atoms with E-state index >= 15 is 0 Å². The van der Waals surface area contributed by atoms with Gasteiger partial charge in [0.05, 0.1) is 17.8 Å². The zero-order chi connectivity index (χ0) is 12.6. The van der Waals surface area contributed by atoms with Crippen LogP contribution >= 0.6 is 0 Å². The Bertz CT molecular complexity index is 541. The van der Waals surface area contributed by atoms with Crippen LogP contribution in [0.2, 0.25) is 0 Å². The first-order chi connectivity index (χ1) is 8.04. The molecule has 2 aromatic rings. The van der Waals surface area contributed by atoms with Gasteiger partial charge in [-0.3, -0.25) is 4.68 Å². The molecule has 0 atom stereocenters. The van der Waals surface area contributed by atoms with Crippen molar-refractivity contribution >= 4 is 10.9 Å². The molecule has 0 saturated heterocycles. The molecule has 0 unspecified atom stereocenters. The fourth-order valence-corrected chi connectivity index (χ4v) is 2.30. The van der Waals surface area contributed by atoms with Crippen LogP contribution in [0, 0.1) is 19.8 Å². The second-order valence-corrected chi connectivity index (χ2v) is 5.07. The average Bonchev–Trinajstić information content (AvgIpc) is 2.56. The molecule has 1 N–H and O–H groups in total. The summed E-state index contributed by atoms with van der Waals surface area (Å²) in [7, 11) is 0. The normalized spacial score (nSPS) is 11.6. The third-order valence-corrected chi connectivity index (χ3v) is 3.17. The van der Waals surface area contributed by atoms with E-state index in [1.165, 1.54) is 10.9 Å². The van der Waals surface area contributed by atoms with Crippen LogP contribution in [-0.4, -0.2) is 14.9 Å². The summed E-state index contributed by atoms with van der Waals surface area (Å²) in [5.74, 6) is 0.565. The minimum atomic E-state index is 0.0910. The molecule has 0 aliphatic carbocycles. The van der Waals surface area contributed by atoms with E-state index < -0.39 is 0 Å². The lowest BCUT2D eigenvalue weighted by Crippen LogP contribution is -2.07. The number of rotatable bonds is 3. The molecule has 92 valence electrons.